The van der Waals surface area contributed by atoms with Crippen molar-refractivity contribution in [2.24, 2.45) is 5.92 Å². The van der Waals surface area contributed by atoms with Gasteiger partial charge in [0.15, 0.2) is 0 Å². The fourth-order valence-corrected chi connectivity index (χ4v) is 2.61. The minimum Gasteiger partial charge on any atom is -0.462 e. The fraction of sp³-hybridized carbons (Fsp3) is 0.190. The third kappa shape index (κ3) is 5.50. The number of hydrogen-bond donors (Lipinski definition) is 2. The number of nitrogens with one attached hydrogen (secondary N) is 2. The molecular weight excluding hydrogens is 424 g/mol. The Hall–Kier alpha value is -4.15. The number of benzene rings is 2. The molecule has 0 bridgehead atoms. The summed E-state index contributed by atoms with van der Waals surface area (Å²) in [5.74, 6) is -2.33. The number of carbonyl (C=O) groups is 1. The Morgan fingerprint density at radius 1 is 1.09 bits per heavy atom. The molecule has 0 unspecified atom stereocenters. The molecule has 3 rings (SSSR count). The van der Waals surface area contributed by atoms with Crippen LogP contribution in [0.15, 0.2) is 48.8 Å². The summed E-state index contributed by atoms with van der Waals surface area (Å²) in [6, 6.07) is 8.71. The third-order valence-corrected chi connectivity index (χ3v) is 4.12. The quantitative estimate of drug-likeness (QED) is 0.285. The van der Waals surface area contributed by atoms with Crippen molar-refractivity contribution in [3.8, 4) is 0 Å². The van der Waals surface area contributed by atoms with Crippen molar-refractivity contribution in [1.82, 2.24) is 9.97 Å². The van der Waals surface area contributed by atoms with E-state index in [9.17, 15) is 23.7 Å². The first-order chi connectivity index (χ1) is 15.2. The summed E-state index contributed by atoms with van der Waals surface area (Å²) in [6.07, 6.45) is 1.03. The predicted molar refractivity (Wildman–Crippen MR) is 113 cm³/mol. The fourth-order valence-electron chi connectivity index (χ4n) is 2.61. The van der Waals surface area contributed by atoms with Crippen LogP contribution in [0, 0.1) is 27.7 Å². The molecule has 1 aromatic heterocycles. The van der Waals surface area contributed by atoms with E-state index in [0.717, 1.165) is 24.5 Å². The largest absolute Gasteiger partial charge is 0.462 e. The van der Waals surface area contributed by atoms with Gasteiger partial charge in [-0.1, -0.05) is 13.8 Å². The van der Waals surface area contributed by atoms with E-state index in [1.165, 1.54) is 24.3 Å². The van der Waals surface area contributed by atoms with Crippen molar-refractivity contribution in [2.45, 2.75) is 13.8 Å². The van der Waals surface area contributed by atoms with E-state index >= 15 is 0 Å². The van der Waals surface area contributed by atoms with Crippen LogP contribution in [-0.2, 0) is 4.74 Å². The number of hydrogen-bond acceptors (Lipinski definition) is 8. The molecule has 0 spiro atoms. The minimum absolute atomic E-state index is 0.181. The zero-order valence-corrected chi connectivity index (χ0v) is 17.1. The molecule has 0 aliphatic carbocycles. The van der Waals surface area contributed by atoms with E-state index in [4.69, 9.17) is 4.74 Å². The number of carbonyl (C=O) groups excluding carboxylic acids is 1. The zero-order valence-electron chi connectivity index (χ0n) is 17.1. The van der Waals surface area contributed by atoms with Gasteiger partial charge in [-0.15, -0.1) is 0 Å². The van der Waals surface area contributed by atoms with E-state index < -0.39 is 28.2 Å². The van der Waals surface area contributed by atoms with Gasteiger partial charge < -0.3 is 15.4 Å². The average Bonchev–Trinajstić information content (AvgIpc) is 2.75. The highest BCUT2D eigenvalue weighted by Crippen LogP contribution is 2.33. The molecule has 0 atom stereocenters. The lowest BCUT2D eigenvalue weighted by atomic mass is 10.2. The van der Waals surface area contributed by atoms with Gasteiger partial charge in [0, 0.05) is 11.8 Å². The van der Waals surface area contributed by atoms with Gasteiger partial charge in [-0.05, 0) is 42.3 Å². The Kier molecular flexibility index (Phi) is 6.88. The van der Waals surface area contributed by atoms with Gasteiger partial charge in [-0.2, -0.15) is 0 Å². The monoisotopic (exact) mass is 443 g/mol. The van der Waals surface area contributed by atoms with E-state index in [1.807, 2.05) is 13.8 Å². The van der Waals surface area contributed by atoms with Crippen LogP contribution in [-0.4, -0.2) is 27.5 Å². The Balaban J connectivity index is 1.84. The van der Waals surface area contributed by atoms with E-state index in [0.29, 0.717) is 11.3 Å². The highest BCUT2D eigenvalue weighted by Gasteiger charge is 2.24. The zero-order chi connectivity index (χ0) is 23.3. The molecule has 3 aromatic rings. The van der Waals surface area contributed by atoms with Crippen molar-refractivity contribution in [1.29, 1.82) is 0 Å². The smallest absolute Gasteiger partial charge is 0.353 e. The van der Waals surface area contributed by atoms with Crippen LogP contribution in [0.3, 0.4) is 0 Å². The van der Waals surface area contributed by atoms with Crippen LogP contribution in [0.5, 0.6) is 0 Å². The highest BCUT2D eigenvalue weighted by molar-refractivity contribution is 5.90. The Morgan fingerprint density at radius 2 is 1.75 bits per heavy atom. The van der Waals surface area contributed by atoms with E-state index in [1.54, 1.807) is 0 Å². The van der Waals surface area contributed by atoms with Crippen molar-refractivity contribution in [2.75, 3.05) is 17.2 Å². The van der Waals surface area contributed by atoms with Gasteiger partial charge in [0.1, 0.15) is 18.0 Å². The normalized spacial score (nSPS) is 10.7. The van der Waals surface area contributed by atoms with Gasteiger partial charge in [0.25, 0.3) is 0 Å². The first kappa shape index (κ1) is 22.5. The second-order valence-corrected chi connectivity index (χ2v) is 7.12. The van der Waals surface area contributed by atoms with Gasteiger partial charge in [-0.25, -0.2) is 23.5 Å². The SMILES string of the molecule is CC(C)COC(=O)c1ccc(Nc2ncnc(Nc3cc(F)ccc3F)c2[N+](=O)[O-])cc1. The van der Waals surface area contributed by atoms with Gasteiger partial charge in [-0.3, -0.25) is 10.1 Å². The maximum Gasteiger partial charge on any atom is 0.353 e. The van der Waals surface area contributed by atoms with Crippen LogP contribution in [0.2, 0.25) is 0 Å². The summed E-state index contributed by atoms with van der Waals surface area (Å²) in [4.78, 5) is 30.6. The number of ether oxygens (including phenoxy) is 1. The Morgan fingerprint density at radius 3 is 2.38 bits per heavy atom. The first-order valence-electron chi connectivity index (χ1n) is 9.50. The molecule has 0 saturated carbocycles. The summed E-state index contributed by atoms with van der Waals surface area (Å²) in [5.41, 5.74) is -0.175. The molecule has 0 aliphatic rings. The van der Waals surface area contributed by atoms with Crippen LogP contribution >= 0.6 is 0 Å². The molecule has 11 heteroatoms. The number of esters is 1. The lowest BCUT2D eigenvalue weighted by molar-refractivity contribution is -0.383. The number of anilines is 4. The molecule has 0 fully saturated rings. The maximum atomic E-state index is 13.9. The average molecular weight is 443 g/mol. The molecule has 1 heterocycles. The molecule has 2 aromatic carbocycles. The molecule has 2 N–H and O–H groups in total. The second-order valence-electron chi connectivity index (χ2n) is 7.12. The number of rotatable bonds is 8. The predicted octanol–water partition coefficient (Wildman–Crippen LogP) is 4.96. The summed E-state index contributed by atoms with van der Waals surface area (Å²) < 4.78 is 32.5. The van der Waals surface area contributed by atoms with Crippen molar-refractivity contribution in [3.63, 3.8) is 0 Å². The molecule has 0 radical (unpaired) electrons. The van der Waals surface area contributed by atoms with E-state index in [2.05, 4.69) is 20.6 Å². The Bertz CT molecular complexity index is 1140. The topological polar surface area (TPSA) is 119 Å². The van der Waals surface area contributed by atoms with Crippen molar-refractivity contribution >= 4 is 34.7 Å². The lowest BCUT2D eigenvalue weighted by Gasteiger charge is -2.11. The molecule has 32 heavy (non-hydrogen) atoms. The van der Waals surface area contributed by atoms with Crippen molar-refractivity contribution < 1.29 is 23.2 Å². The third-order valence-electron chi connectivity index (χ3n) is 4.12. The van der Waals surface area contributed by atoms with Crippen LogP contribution in [0.25, 0.3) is 0 Å². The first-order valence-corrected chi connectivity index (χ1v) is 9.50. The molecule has 9 nitrogen and oxygen atoms in total. The van der Waals surface area contributed by atoms with Crippen LogP contribution in [0.4, 0.5) is 37.5 Å². The van der Waals surface area contributed by atoms with Gasteiger partial charge in [0.2, 0.25) is 11.6 Å². The highest BCUT2D eigenvalue weighted by atomic mass is 19.1. The Labute approximate surface area is 181 Å². The van der Waals surface area contributed by atoms with Crippen LogP contribution in [0.1, 0.15) is 24.2 Å². The number of nitrogens with zero attached hydrogens (tertiary/aromatic N) is 3. The summed E-state index contributed by atoms with van der Waals surface area (Å²) in [5, 5.41) is 16.9. The second kappa shape index (κ2) is 9.77. The lowest BCUT2D eigenvalue weighted by Crippen LogP contribution is -2.10. The standard InChI is InChI=1S/C21H19F2N5O4/c1-12(2)10-32-21(29)13-3-6-15(7-4-13)26-19-18(28(30)31)20(25-11-24-19)27-17-9-14(22)5-8-16(17)23/h3-9,11-12H,10H2,1-2H3,(H2,24,25,26,27). The molecule has 0 saturated heterocycles. The van der Waals surface area contributed by atoms with Gasteiger partial charge >= 0.3 is 11.7 Å². The summed E-state index contributed by atoms with van der Waals surface area (Å²) >= 11 is 0. The summed E-state index contributed by atoms with van der Waals surface area (Å²) in [6.45, 7) is 4.12. The molecular formula is C21H19F2N5O4. The van der Waals surface area contributed by atoms with Gasteiger partial charge in [0.05, 0.1) is 22.8 Å². The molecule has 166 valence electrons. The van der Waals surface area contributed by atoms with Crippen molar-refractivity contribution in [3.05, 3.63) is 76.1 Å². The van der Waals surface area contributed by atoms with E-state index in [-0.39, 0.29) is 29.8 Å². The number of halogens is 2. The molecule has 0 aliphatic heterocycles. The van der Waals surface area contributed by atoms with Crippen LogP contribution < -0.4 is 10.6 Å². The maximum absolute atomic E-state index is 13.9. The minimum atomic E-state index is -0.811. The number of nitro groups is 1. The summed E-state index contributed by atoms with van der Waals surface area (Å²) in [7, 11) is 0. The number of aromatic nitrogens is 2. The molecule has 0 amide bonds.